The number of ether oxygens (including phenoxy) is 1. The summed E-state index contributed by atoms with van der Waals surface area (Å²) in [6.45, 7) is 0. The first kappa shape index (κ1) is 18.0. The van der Waals surface area contributed by atoms with Crippen molar-refractivity contribution in [3.05, 3.63) is 76.4 Å². The Morgan fingerprint density at radius 3 is 2.90 bits per heavy atom. The Bertz CT molecular complexity index is 1240. The van der Waals surface area contributed by atoms with Crippen molar-refractivity contribution in [1.29, 1.82) is 0 Å². The normalized spacial score (nSPS) is 13.7. The number of aromatic nitrogens is 3. The second kappa shape index (κ2) is 7.40. The van der Waals surface area contributed by atoms with Crippen molar-refractivity contribution >= 4 is 22.7 Å². The van der Waals surface area contributed by atoms with Gasteiger partial charge >= 0.3 is 0 Å². The third-order valence-corrected chi connectivity index (χ3v) is 6.02. The Balaban J connectivity index is 1.60. The largest absolute Gasteiger partial charge is 0.497 e. The Morgan fingerprint density at radius 1 is 1.21 bits per heavy atom. The van der Waals surface area contributed by atoms with Crippen molar-refractivity contribution in [2.45, 2.75) is 29.7 Å². The lowest BCUT2D eigenvalue weighted by Gasteiger charge is -2.14. The van der Waals surface area contributed by atoms with E-state index in [9.17, 15) is 4.79 Å². The highest BCUT2D eigenvalue weighted by Crippen LogP contribution is 2.42. The molecule has 4 aromatic rings. The van der Waals surface area contributed by atoms with Gasteiger partial charge in [0.25, 0.3) is 5.56 Å². The summed E-state index contributed by atoms with van der Waals surface area (Å²) in [4.78, 5) is 18.1. The number of methoxy groups -OCH3 is 1. The minimum atomic E-state index is -0.0981. The smallest absolute Gasteiger partial charge is 0.266 e. The molecule has 1 fully saturated rings. The number of benzene rings is 2. The van der Waals surface area contributed by atoms with E-state index in [1.807, 2.05) is 42.5 Å². The molecule has 2 aromatic carbocycles. The van der Waals surface area contributed by atoms with Crippen LogP contribution in [0.15, 0.2) is 69.2 Å². The average Bonchev–Trinajstić information content (AvgIpc) is 3.50. The minimum absolute atomic E-state index is 0.0981. The third-order valence-electron chi connectivity index (χ3n) is 5.04. The van der Waals surface area contributed by atoms with Crippen LogP contribution in [0, 0.1) is 0 Å². The zero-order valence-electron chi connectivity index (χ0n) is 15.9. The van der Waals surface area contributed by atoms with E-state index in [2.05, 4.69) is 5.16 Å². The van der Waals surface area contributed by atoms with Gasteiger partial charge in [0.05, 0.1) is 29.9 Å². The summed E-state index contributed by atoms with van der Waals surface area (Å²) in [7, 11) is 1.61. The highest BCUT2D eigenvalue weighted by molar-refractivity contribution is 7.98. The SMILES string of the molecule is COc1cccc(-n2c(SCc3cnoc3C3CC3)nc3ccccc3c2=O)c1. The van der Waals surface area contributed by atoms with Gasteiger partial charge in [-0.1, -0.05) is 35.1 Å². The molecule has 0 spiro atoms. The van der Waals surface area contributed by atoms with Gasteiger partial charge in [0.1, 0.15) is 11.5 Å². The lowest BCUT2D eigenvalue weighted by atomic mass is 10.2. The van der Waals surface area contributed by atoms with E-state index in [-0.39, 0.29) is 5.56 Å². The Hall–Kier alpha value is -3.06. The fraction of sp³-hybridized carbons (Fsp3) is 0.227. The van der Waals surface area contributed by atoms with E-state index in [1.54, 1.807) is 23.9 Å². The quantitative estimate of drug-likeness (QED) is 0.346. The Kier molecular flexibility index (Phi) is 4.60. The first-order valence-corrected chi connectivity index (χ1v) is 10.5. The number of fused-ring (bicyclic) bond motifs is 1. The fourth-order valence-electron chi connectivity index (χ4n) is 3.39. The first-order valence-electron chi connectivity index (χ1n) is 9.47. The molecule has 0 amide bonds. The molecule has 0 radical (unpaired) electrons. The van der Waals surface area contributed by atoms with Crippen LogP contribution in [0.2, 0.25) is 0 Å². The van der Waals surface area contributed by atoms with Gasteiger partial charge < -0.3 is 9.26 Å². The second-order valence-corrected chi connectivity index (χ2v) is 7.97. The van der Waals surface area contributed by atoms with Crippen molar-refractivity contribution in [1.82, 2.24) is 14.7 Å². The van der Waals surface area contributed by atoms with E-state index >= 15 is 0 Å². The van der Waals surface area contributed by atoms with Crippen LogP contribution in [0.1, 0.15) is 30.1 Å². The molecule has 1 aliphatic carbocycles. The van der Waals surface area contributed by atoms with Gasteiger partial charge in [-0.2, -0.15) is 0 Å². The van der Waals surface area contributed by atoms with Crippen LogP contribution in [0.4, 0.5) is 0 Å². The van der Waals surface area contributed by atoms with E-state index in [1.165, 1.54) is 11.8 Å². The molecule has 2 heterocycles. The standard InChI is InChI=1S/C22H19N3O3S/c1-27-17-6-4-5-16(11-17)25-21(26)18-7-2-3-8-19(18)24-22(25)29-13-15-12-23-28-20(15)14-9-10-14/h2-8,11-12,14H,9-10,13H2,1H3. The van der Waals surface area contributed by atoms with Crippen LogP contribution >= 0.6 is 11.8 Å². The van der Waals surface area contributed by atoms with Crippen LogP contribution in [-0.4, -0.2) is 21.8 Å². The zero-order chi connectivity index (χ0) is 19.8. The molecule has 1 saturated carbocycles. The van der Waals surface area contributed by atoms with Crippen molar-refractivity contribution in [3.63, 3.8) is 0 Å². The number of rotatable bonds is 6. The van der Waals surface area contributed by atoms with E-state index in [4.69, 9.17) is 14.2 Å². The predicted molar refractivity (Wildman–Crippen MR) is 112 cm³/mol. The van der Waals surface area contributed by atoms with Gasteiger partial charge in [-0.25, -0.2) is 4.98 Å². The predicted octanol–water partition coefficient (Wildman–Crippen LogP) is 4.55. The first-order chi connectivity index (χ1) is 14.2. The van der Waals surface area contributed by atoms with E-state index in [0.29, 0.717) is 33.5 Å². The van der Waals surface area contributed by atoms with Crippen LogP contribution in [0.5, 0.6) is 5.75 Å². The molecule has 2 aromatic heterocycles. The van der Waals surface area contributed by atoms with E-state index < -0.39 is 0 Å². The summed E-state index contributed by atoms with van der Waals surface area (Å²) in [6.07, 6.45) is 4.07. The molecular weight excluding hydrogens is 386 g/mol. The molecule has 146 valence electrons. The summed E-state index contributed by atoms with van der Waals surface area (Å²) in [5.41, 5.74) is 2.38. The molecular formula is C22H19N3O3S. The maximum absolute atomic E-state index is 13.3. The van der Waals surface area contributed by atoms with Crippen molar-refractivity contribution in [2.75, 3.05) is 7.11 Å². The minimum Gasteiger partial charge on any atom is -0.497 e. The second-order valence-electron chi connectivity index (χ2n) is 7.03. The van der Waals surface area contributed by atoms with Crippen LogP contribution in [0.25, 0.3) is 16.6 Å². The van der Waals surface area contributed by atoms with Gasteiger partial charge in [0.15, 0.2) is 5.16 Å². The maximum atomic E-state index is 13.3. The molecule has 0 N–H and O–H groups in total. The van der Waals surface area contributed by atoms with Crippen LogP contribution < -0.4 is 10.3 Å². The van der Waals surface area contributed by atoms with Crippen LogP contribution in [-0.2, 0) is 5.75 Å². The maximum Gasteiger partial charge on any atom is 0.266 e. The van der Waals surface area contributed by atoms with Crippen molar-refractivity contribution in [3.8, 4) is 11.4 Å². The topological polar surface area (TPSA) is 70.2 Å². The highest BCUT2D eigenvalue weighted by atomic mass is 32.2. The fourth-order valence-corrected chi connectivity index (χ4v) is 4.37. The number of nitrogens with zero attached hydrogens (tertiary/aromatic N) is 3. The molecule has 1 aliphatic rings. The van der Waals surface area contributed by atoms with Gasteiger partial charge in [0, 0.05) is 23.3 Å². The molecule has 0 atom stereocenters. The lowest BCUT2D eigenvalue weighted by Crippen LogP contribution is -2.21. The Labute approximate surface area is 171 Å². The van der Waals surface area contributed by atoms with Crippen molar-refractivity contribution < 1.29 is 9.26 Å². The monoisotopic (exact) mass is 405 g/mol. The lowest BCUT2D eigenvalue weighted by molar-refractivity contribution is 0.383. The van der Waals surface area contributed by atoms with Crippen molar-refractivity contribution in [2.24, 2.45) is 0 Å². The molecule has 0 unspecified atom stereocenters. The number of para-hydroxylation sites is 1. The third kappa shape index (κ3) is 3.42. The zero-order valence-corrected chi connectivity index (χ0v) is 16.7. The summed E-state index contributed by atoms with van der Waals surface area (Å²) < 4.78 is 12.4. The van der Waals surface area contributed by atoms with Gasteiger partial charge in [-0.15, -0.1) is 0 Å². The molecule has 0 bridgehead atoms. The summed E-state index contributed by atoms with van der Waals surface area (Å²) in [5, 5.41) is 5.19. The van der Waals surface area contributed by atoms with E-state index in [0.717, 1.165) is 29.9 Å². The Morgan fingerprint density at radius 2 is 2.07 bits per heavy atom. The average molecular weight is 405 g/mol. The van der Waals surface area contributed by atoms with Crippen LogP contribution in [0.3, 0.4) is 0 Å². The van der Waals surface area contributed by atoms with Gasteiger partial charge in [-0.05, 0) is 37.1 Å². The number of thioether (sulfide) groups is 1. The molecule has 29 heavy (non-hydrogen) atoms. The van der Waals surface area contributed by atoms with Gasteiger partial charge in [-0.3, -0.25) is 9.36 Å². The highest BCUT2D eigenvalue weighted by Gasteiger charge is 2.30. The molecule has 6 nitrogen and oxygen atoms in total. The molecule has 0 saturated heterocycles. The molecule has 5 rings (SSSR count). The number of hydrogen-bond acceptors (Lipinski definition) is 6. The summed E-state index contributed by atoms with van der Waals surface area (Å²) >= 11 is 1.51. The molecule has 0 aliphatic heterocycles. The van der Waals surface area contributed by atoms with Gasteiger partial charge in [0.2, 0.25) is 0 Å². The summed E-state index contributed by atoms with van der Waals surface area (Å²) in [6, 6.07) is 14.9. The summed E-state index contributed by atoms with van der Waals surface area (Å²) in [5.74, 6) is 2.78. The number of hydrogen-bond donors (Lipinski definition) is 0. The molecule has 7 heteroatoms.